The molecule has 1 aliphatic rings. The Bertz CT molecular complexity index is 2530. The first-order chi connectivity index (χ1) is 23.3. The summed E-state index contributed by atoms with van der Waals surface area (Å²) in [5, 5.41) is 7.65. The first kappa shape index (κ1) is 27.6. The Kier molecular flexibility index (Phi) is 6.60. The van der Waals surface area contributed by atoms with Crippen LogP contribution in [0.25, 0.3) is 71.3 Å². The summed E-state index contributed by atoms with van der Waals surface area (Å²) in [6.07, 6.45) is 10.8. The molecular formula is C45H34N2. The lowest BCUT2D eigenvalue weighted by Crippen LogP contribution is -2.00. The first-order valence-electron chi connectivity index (χ1n) is 16.6. The van der Waals surface area contributed by atoms with Crippen molar-refractivity contribution in [3.8, 4) is 27.9 Å². The van der Waals surface area contributed by atoms with Gasteiger partial charge in [0.2, 0.25) is 0 Å². The van der Waals surface area contributed by atoms with Crippen LogP contribution in [0.1, 0.15) is 30.7 Å². The Morgan fingerprint density at radius 2 is 1.32 bits per heavy atom. The fourth-order valence-corrected chi connectivity index (χ4v) is 7.60. The van der Waals surface area contributed by atoms with Gasteiger partial charge < -0.3 is 0 Å². The molecule has 0 aliphatic heterocycles. The highest BCUT2D eigenvalue weighted by molar-refractivity contribution is 6.21. The van der Waals surface area contributed by atoms with Gasteiger partial charge in [-0.05, 0) is 103 Å². The standard InChI is InChI=1S/C45H34N2/c1-2-43-46-41-18-10-11-19-42(41)47(43)36-25-22-32(23-26-36)44-37-16-8-9-17-38(37)45(35-21-20-31-14-6-7-15-33(31)28-35)40-29-34(24-27-39(40)44)30-12-4-3-5-13-30/h3-12,14-30H,2,13H2,1H3. The van der Waals surface area contributed by atoms with Crippen molar-refractivity contribution in [2.45, 2.75) is 25.7 Å². The lowest BCUT2D eigenvalue weighted by Gasteiger charge is -2.21. The number of fused-ring (bicyclic) bond motifs is 4. The number of hydrogen-bond acceptors (Lipinski definition) is 1. The molecule has 0 N–H and O–H groups in total. The van der Waals surface area contributed by atoms with Crippen molar-refractivity contribution in [2.75, 3.05) is 0 Å². The van der Waals surface area contributed by atoms with Crippen molar-refractivity contribution >= 4 is 43.4 Å². The van der Waals surface area contributed by atoms with Crippen LogP contribution >= 0.6 is 0 Å². The third-order valence-corrected chi connectivity index (χ3v) is 9.86. The fourth-order valence-electron chi connectivity index (χ4n) is 7.60. The fraction of sp³-hybridized carbons (Fsp3) is 0.0889. The molecule has 7 aromatic carbocycles. The Hall–Kier alpha value is -5.73. The van der Waals surface area contributed by atoms with Crippen molar-refractivity contribution in [2.24, 2.45) is 0 Å². The molecule has 224 valence electrons. The van der Waals surface area contributed by atoms with E-state index in [1.807, 2.05) is 0 Å². The number of hydrogen-bond donors (Lipinski definition) is 0. The largest absolute Gasteiger partial charge is 0.296 e. The molecule has 0 saturated carbocycles. The number of aromatic nitrogens is 2. The average molecular weight is 603 g/mol. The molecule has 1 aromatic heterocycles. The number of aryl methyl sites for hydroxylation is 1. The molecule has 0 radical (unpaired) electrons. The van der Waals surface area contributed by atoms with E-state index in [-0.39, 0.29) is 0 Å². The van der Waals surface area contributed by atoms with E-state index in [0.29, 0.717) is 5.92 Å². The number of allylic oxidation sites excluding steroid dienone is 4. The number of imidazole rings is 1. The maximum atomic E-state index is 4.93. The van der Waals surface area contributed by atoms with Crippen LogP contribution in [0.5, 0.6) is 0 Å². The van der Waals surface area contributed by atoms with Gasteiger partial charge in [0.25, 0.3) is 0 Å². The molecule has 9 rings (SSSR count). The zero-order chi connectivity index (χ0) is 31.3. The van der Waals surface area contributed by atoms with E-state index in [4.69, 9.17) is 4.98 Å². The average Bonchev–Trinajstić information content (AvgIpc) is 3.53. The van der Waals surface area contributed by atoms with E-state index in [1.165, 1.54) is 60.1 Å². The van der Waals surface area contributed by atoms with Crippen LogP contribution in [0, 0.1) is 0 Å². The van der Waals surface area contributed by atoms with Gasteiger partial charge in [-0.1, -0.05) is 128 Å². The van der Waals surface area contributed by atoms with Crippen LogP contribution in [0.4, 0.5) is 0 Å². The lowest BCUT2D eigenvalue weighted by molar-refractivity contribution is 0.855. The van der Waals surface area contributed by atoms with Gasteiger partial charge in [-0.15, -0.1) is 0 Å². The number of rotatable bonds is 5. The molecule has 0 amide bonds. The molecule has 0 spiro atoms. The van der Waals surface area contributed by atoms with Crippen LogP contribution in [0.15, 0.2) is 158 Å². The summed E-state index contributed by atoms with van der Waals surface area (Å²) in [5.41, 5.74) is 9.73. The molecule has 1 atom stereocenters. The number of benzene rings is 7. The second-order valence-electron chi connectivity index (χ2n) is 12.6. The van der Waals surface area contributed by atoms with Crippen molar-refractivity contribution in [3.05, 3.63) is 169 Å². The molecule has 2 heteroatoms. The maximum absolute atomic E-state index is 4.93. The quantitative estimate of drug-likeness (QED) is 0.179. The molecule has 1 aliphatic carbocycles. The first-order valence-corrected chi connectivity index (χ1v) is 16.6. The van der Waals surface area contributed by atoms with E-state index in [9.17, 15) is 0 Å². The third-order valence-electron chi connectivity index (χ3n) is 9.86. The van der Waals surface area contributed by atoms with Gasteiger partial charge in [0, 0.05) is 18.0 Å². The van der Waals surface area contributed by atoms with Gasteiger partial charge in [-0.3, -0.25) is 4.57 Å². The van der Waals surface area contributed by atoms with Crippen LogP contribution < -0.4 is 0 Å². The summed E-state index contributed by atoms with van der Waals surface area (Å²) in [6.45, 7) is 2.18. The minimum absolute atomic E-state index is 0.376. The molecule has 1 unspecified atom stereocenters. The highest BCUT2D eigenvalue weighted by Gasteiger charge is 2.19. The second kappa shape index (κ2) is 11.3. The van der Waals surface area contributed by atoms with Crippen molar-refractivity contribution < 1.29 is 0 Å². The van der Waals surface area contributed by atoms with Crippen LogP contribution in [-0.2, 0) is 6.42 Å². The molecule has 0 saturated heterocycles. The zero-order valence-electron chi connectivity index (χ0n) is 26.4. The predicted molar refractivity (Wildman–Crippen MR) is 199 cm³/mol. The van der Waals surface area contributed by atoms with Crippen molar-refractivity contribution in [3.63, 3.8) is 0 Å². The summed E-state index contributed by atoms with van der Waals surface area (Å²) < 4.78 is 2.30. The van der Waals surface area contributed by atoms with E-state index >= 15 is 0 Å². The molecule has 2 nitrogen and oxygen atoms in total. The normalized spacial score (nSPS) is 14.5. The Balaban J connectivity index is 1.29. The summed E-state index contributed by atoms with van der Waals surface area (Å²) in [6, 6.07) is 49.2. The SMILES string of the molecule is CCc1nc2ccccc2n1-c1ccc(-c2c3ccccc3c(-c3ccc4ccccc4c3)c3cc(C4C=CC=CC4)ccc23)cc1. The highest BCUT2D eigenvalue weighted by Crippen LogP contribution is 2.45. The highest BCUT2D eigenvalue weighted by atomic mass is 15.1. The second-order valence-corrected chi connectivity index (χ2v) is 12.6. The van der Waals surface area contributed by atoms with Gasteiger partial charge in [0.15, 0.2) is 0 Å². The van der Waals surface area contributed by atoms with Gasteiger partial charge >= 0.3 is 0 Å². The lowest BCUT2D eigenvalue weighted by atomic mass is 9.83. The maximum Gasteiger partial charge on any atom is 0.114 e. The molecule has 0 bridgehead atoms. The predicted octanol–water partition coefficient (Wildman–Crippen LogP) is 12.0. The summed E-state index contributed by atoms with van der Waals surface area (Å²) >= 11 is 0. The van der Waals surface area contributed by atoms with Gasteiger partial charge in [0.1, 0.15) is 5.82 Å². The summed E-state index contributed by atoms with van der Waals surface area (Å²) in [5.74, 6) is 1.45. The molecule has 8 aromatic rings. The van der Waals surface area contributed by atoms with E-state index in [0.717, 1.165) is 35.4 Å². The molecule has 1 heterocycles. The zero-order valence-corrected chi connectivity index (χ0v) is 26.4. The Morgan fingerprint density at radius 1 is 0.617 bits per heavy atom. The van der Waals surface area contributed by atoms with Crippen molar-refractivity contribution in [1.29, 1.82) is 0 Å². The molecular weight excluding hydrogens is 569 g/mol. The number of nitrogens with zero attached hydrogens (tertiary/aromatic N) is 2. The van der Waals surface area contributed by atoms with Gasteiger partial charge in [-0.25, -0.2) is 4.98 Å². The van der Waals surface area contributed by atoms with Crippen molar-refractivity contribution in [1.82, 2.24) is 9.55 Å². The third kappa shape index (κ3) is 4.60. The topological polar surface area (TPSA) is 17.8 Å². The monoisotopic (exact) mass is 602 g/mol. The van der Waals surface area contributed by atoms with Gasteiger partial charge in [0.05, 0.1) is 11.0 Å². The van der Waals surface area contributed by atoms with E-state index < -0.39 is 0 Å². The van der Waals surface area contributed by atoms with Crippen LogP contribution in [-0.4, -0.2) is 9.55 Å². The van der Waals surface area contributed by atoms with Crippen LogP contribution in [0.3, 0.4) is 0 Å². The minimum atomic E-state index is 0.376. The summed E-state index contributed by atoms with van der Waals surface area (Å²) in [7, 11) is 0. The summed E-state index contributed by atoms with van der Waals surface area (Å²) in [4.78, 5) is 4.93. The van der Waals surface area contributed by atoms with Crippen LogP contribution in [0.2, 0.25) is 0 Å². The Labute approximate surface area is 275 Å². The smallest absolute Gasteiger partial charge is 0.114 e. The van der Waals surface area contributed by atoms with Gasteiger partial charge in [-0.2, -0.15) is 0 Å². The number of para-hydroxylation sites is 2. The molecule has 47 heavy (non-hydrogen) atoms. The van der Waals surface area contributed by atoms with E-state index in [1.54, 1.807) is 0 Å². The van der Waals surface area contributed by atoms with E-state index in [2.05, 4.69) is 169 Å². The molecule has 0 fully saturated rings. The minimum Gasteiger partial charge on any atom is -0.296 e. The Morgan fingerprint density at radius 3 is 2.11 bits per heavy atom.